The van der Waals surface area contributed by atoms with Gasteiger partial charge >= 0.3 is 0 Å². The first-order valence-electron chi connectivity index (χ1n) is 19.1. The number of halogens is 1. The van der Waals surface area contributed by atoms with Gasteiger partial charge in [0.15, 0.2) is 5.78 Å². The second-order valence-electron chi connectivity index (χ2n) is 15.5. The Bertz CT molecular complexity index is 2060. The summed E-state index contributed by atoms with van der Waals surface area (Å²) in [4.78, 5) is 13.1. The van der Waals surface area contributed by atoms with E-state index in [1.54, 1.807) is 27.0 Å². The van der Waals surface area contributed by atoms with Crippen molar-refractivity contribution in [2.24, 2.45) is 0 Å². The number of phenolic OH excluding ortho intramolecular Hbond substituents is 1. The van der Waals surface area contributed by atoms with Gasteiger partial charge in [0.1, 0.15) is 34.2 Å². The van der Waals surface area contributed by atoms with Crippen LogP contribution < -0.4 is 19.5 Å². The quantitative estimate of drug-likeness (QED) is 0.115. The first-order valence-corrected chi connectivity index (χ1v) is 19.1. The molecule has 0 aliphatic carbocycles. The van der Waals surface area contributed by atoms with Crippen molar-refractivity contribution in [2.75, 3.05) is 13.7 Å². The highest BCUT2D eigenvalue weighted by Crippen LogP contribution is 2.41. The fourth-order valence-electron chi connectivity index (χ4n) is 7.22. The molecule has 0 fully saturated rings. The third-order valence-corrected chi connectivity index (χ3v) is 10.5. The molecule has 0 saturated heterocycles. The van der Waals surface area contributed by atoms with Gasteiger partial charge in [0.25, 0.3) is 0 Å². The van der Waals surface area contributed by atoms with Crippen LogP contribution in [0.15, 0.2) is 121 Å². The molecule has 8 heteroatoms. The molecule has 0 amide bonds. The number of carbonyl (C=O) groups excluding carboxylic acids is 1. The number of carbonyl (C=O) groups is 1. The molecule has 0 aromatic heterocycles. The monoisotopic (exact) mass is 775 g/mol. The van der Waals surface area contributed by atoms with Gasteiger partial charge in [0.05, 0.1) is 24.3 Å². The molecule has 3 N–H and O–H groups in total. The van der Waals surface area contributed by atoms with E-state index < -0.39 is 17.3 Å². The molecule has 2 atom stereocenters. The molecule has 294 valence electrons. The van der Waals surface area contributed by atoms with Crippen molar-refractivity contribution in [1.82, 2.24) is 5.32 Å². The first kappa shape index (κ1) is 42.1. The SMILES string of the molecule is CC(NCCC(c1ccccc1)c1ccccc1)c1ccccc1.COc1c(CC(=O)c2cc3c(cc2O)OC(C)(C)C(O)C3)ccc2c1C=CC(C)(C)O2.Cl. The zero-order chi connectivity index (χ0) is 39.2. The third kappa shape index (κ3) is 10.0. The number of benzene rings is 5. The number of aliphatic hydroxyl groups excluding tert-OH is 1. The summed E-state index contributed by atoms with van der Waals surface area (Å²) in [6, 6.07) is 39.4. The lowest BCUT2D eigenvalue weighted by molar-refractivity contribution is -0.0412. The second-order valence-corrected chi connectivity index (χ2v) is 15.5. The van der Waals surface area contributed by atoms with Crippen molar-refractivity contribution in [3.8, 4) is 23.0 Å². The van der Waals surface area contributed by atoms with Crippen LogP contribution in [0, 0.1) is 0 Å². The molecule has 2 aliphatic heterocycles. The summed E-state index contributed by atoms with van der Waals surface area (Å²) in [5.41, 5.74) is 5.33. The smallest absolute Gasteiger partial charge is 0.171 e. The molecule has 5 aromatic carbocycles. The predicted molar refractivity (Wildman–Crippen MR) is 227 cm³/mol. The number of hydrogen-bond acceptors (Lipinski definition) is 7. The van der Waals surface area contributed by atoms with Crippen LogP contribution in [-0.4, -0.2) is 47.0 Å². The number of Topliss-reactive ketones (excluding diaryl/α,β-unsaturated/α-hetero) is 1. The number of ketones is 1. The van der Waals surface area contributed by atoms with Crippen LogP contribution >= 0.6 is 12.4 Å². The molecule has 5 aromatic rings. The highest BCUT2D eigenvalue weighted by atomic mass is 35.5. The van der Waals surface area contributed by atoms with Crippen LogP contribution in [-0.2, 0) is 12.8 Å². The van der Waals surface area contributed by atoms with E-state index in [0.29, 0.717) is 46.8 Å². The van der Waals surface area contributed by atoms with Crippen molar-refractivity contribution in [2.45, 2.75) is 83.1 Å². The van der Waals surface area contributed by atoms with Gasteiger partial charge in [-0.25, -0.2) is 0 Å². The zero-order valence-electron chi connectivity index (χ0n) is 33.1. The van der Waals surface area contributed by atoms with E-state index in [4.69, 9.17) is 14.2 Å². The van der Waals surface area contributed by atoms with Gasteiger partial charge in [-0.2, -0.15) is 0 Å². The Morgan fingerprint density at radius 2 is 1.43 bits per heavy atom. The van der Waals surface area contributed by atoms with E-state index >= 15 is 0 Å². The van der Waals surface area contributed by atoms with Gasteiger partial charge in [-0.1, -0.05) is 97.1 Å². The maximum atomic E-state index is 13.1. The van der Waals surface area contributed by atoms with Crippen LogP contribution in [0.3, 0.4) is 0 Å². The van der Waals surface area contributed by atoms with Crippen LogP contribution in [0.25, 0.3) is 6.08 Å². The number of aliphatic hydroxyl groups is 1. The number of aromatic hydroxyl groups is 1. The second kappa shape index (κ2) is 18.2. The van der Waals surface area contributed by atoms with Crippen molar-refractivity contribution < 1.29 is 29.2 Å². The summed E-state index contributed by atoms with van der Waals surface area (Å²) < 4.78 is 17.4. The zero-order valence-corrected chi connectivity index (χ0v) is 33.9. The number of ether oxygens (including phenoxy) is 3. The minimum atomic E-state index is -0.758. The lowest BCUT2D eigenvalue weighted by atomic mass is 9.88. The molecule has 0 radical (unpaired) electrons. The molecule has 0 bridgehead atoms. The van der Waals surface area contributed by atoms with Crippen LogP contribution in [0.5, 0.6) is 23.0 Å². The molecule has 0 saturated carbocycles. The van der Waals surface area contributed by atoms with Crippen molar-refractivity contribution in [3.05, 3.63) is 160 Å². The average molecular weight is 776 g/mol. The van der Waals surface area contributed by atoms with Crippen LogP contribution in [0.1, 0.15) is 96.7 Å². The Morgan fingerprint density at radius 3 is 2.02 bits per heavy atom. The predicted octanol–water partition coefficient (Wildman–Crippen LogP) is 10.1. The van der Waals surface area contributed by atoms with E-state index in [-0.39, 0.29) is 35.9 Å². The van der Waals surface area contributed by atoms with Crippen LogP contribution in [0.4, 0.5) is 0 Å². The Morgan fingerprint density at radius 1 is 0.839 bits per heavy atom. The highest BCUT2D eigenvalue weighted by Gasteiger charge is 2.36. The van der Waals surface area contributed by atoms with E-state index in [2.05, 4.69) is 103 Å². The molecule has 2 unspecified atom stereocenters. The fourth-order valence-corrected chi connectivity index (χ4v) is 7.22. The van der Waals surface area contributed by atoms with Crippen molar-refractivity contribution >= 4 is 24.3 Å². The molecule has 2 heterocycles. The van der Waals surface area contributed by atoms with Gasteiger partial charge in [0.2, 0.25) is 0 Å². The average Bonchev–Trinajstić information content (AvgIpc) is 3.17. The number of methoxy groups -OCH3 is 1. The number of rotatable bonds is 11. The summed E-state index contributed by atoms with van der Waals surface area (Å²) >= 11 is 0. The van der Waals surface area contributed by atoms with E-state index in [1.165, 1.54) is 22.8 Å². The topological polar surface area (TPSA) is 97.3 Å². The number of fused-ring (bicyclic) bond motifs is 2. The minimum absolute atomic E-state index is 0. The van der Waals surface area contributed by atoms with Crippen molar-refractivity contribution in [3.63, 3.8) is 0 Å². The summed E-state index contributed by atoms with van der Waals surface area (Å²) in [5.74, 6) is 1.81. The summed E-state index contributed by atoms with van der Waals surface area (Å²) in [6.07, 6.45) is 4.68. The third-order valence-electron chi connectivity index (χ3n) is 10.5. The molecular formula is C48H54ClNO6. The summed E-state index contributed by atoms with van der Waals surface area (Å²) in [5, 5.41) is 24.5. The normalized spacial score (nSPS) is 16.4. The van der Waals surface area contributed by atoms with Gasteiger partial charge in [-0.3, -0.25) is 4.79 Å². The lowest BCUT2D eigenvalue weighted by Crippen LogP contribution is -2.46. The largest absolute Gasteiger partial charge is 0.507 e. The standard InChI is InChI=1S/C25H28O6.C23H25N.ClH/c1-24(2)9-8-16-20(30-24)7-6-14(23(16)29-5)11-18(26)17-10-15-12-22(28)25(3,4)31-21(15)13-19(17)27;1-19(20-11-5-2-6-12-20)24-18-17-23(21-13-7-3-8-14-21)22-15-9-4-10-16-22;/h6-10,13,22,27-28H,11-12H2,1-5H3;2-16,19,23-24H,17-18H2,1H3;1H. The molecular weight excluding hydrogens is 722 g/mol. The molecule has 0 spiro atoms. The Labute approximate surface area is 337 Å². The Balaban J connectivity index is 0.000000217. The minimum Gasteiger partial charge on any atom is -0.507 e. The van der Waals surface area contributed by atoms with Crippen molar-refractivity contribution in [1.29, 1.82) is 0 Å². The maximum Gasteiger partial charge on any atom is 0.171 e. The Kier molecular flexibility index (Phi) is 13.7. The van der Waals surface area contributed by atoms with E-state index in [9.17, 15) is 15.0 Å². The molecule has 56 heavy (non-hydrogen) atoms. The summed E-state index contributed by atoms with van der Waals surface area (Å²) in [7, 11) is 1.56. The van der Waals surface area contributed by atoms with E-state index in [1.807, 2.05) is 38.1 Å². The van der Waals surface area contributed by atoms with Gasteiger partial charge in [0, 0.05) is 36.4 Å². The fraction of sp³-hybridized carbons (Fsp3) is 0.312. The first-order chi connectivity index (χ1) is 26.3. The number of nitrogens with one attached hydrogen (secondary N) is 1. The maximum absolute atomic E-state index is 13.1. The summed E-state index contributed by atoms with van der Waals surface area (Å²) in [6.45, 7) is 10.7. The molecule has 2 aliphatic rings. The van der Waals surface area contributed by atoms with Gasteiger partial charge in [-0.15, -0.1) is 12.4 Å². The molecule has 7 nitrogen and oxygen atoms in total. The lowest BCUT2D eigenvalue weighted by Gasteiger charge is -2.37. The Hall–Kier alpha value is -5.08. The van der Waals surface area contributed by atoms with Gasteiger partial charge in [-0.05, 0) is 94.1 Å². The van der Waals surface area contributed by atoms with Gasteiger partial charge < -0.3 is 29.7 Å². The number of phenols is 1. The number of hydrogen-bond donors (Lipinski definition) is 3. The van der Waals surface area contributed by atoms with Crippen LogP contribution in [0.2, 0.25) is 0 Å². The van der Waals surface area contributed by atoms with E-state index in [0.717, 1.165) is 18.5 Å². The highest BCUT2D eigenvalue weighted by molar-refractivity contribution is 6.01. The molecule has 7 rings (SSSR count).